The predicted molar refractivity (Wildman–Crippen MR) is 128 cm³/mol. The highest BCUT2D eigenvalue weighted by molar-refractivity contribution is 8.01. The van der Waals surface area contributed by atoms with Crippen molar-refractivity contribution in [2.24, 2.45) is 0 Å². The van der Waals surface area contributed by atoms with Crippen LogP contribution in [0.1, 0.15) is 24.8 Å². The Morgan fingerprint density at radius 1 is 1.16 bits per heavy atom. The summed E-state index contributed by atoms with van der Waals surface area (Å²) in [4.78, 5) is 15.5. The summed E-state index contributed by atoms with van der Waals surface area (Å²) in [6, 6.07) is 11.9. The number of nitrogens with one attached hydrogen (secondary N) is 1. The third-order valence-corrected chi connectivity index (χ3v) is 7.21. The molecule has 0 radical (unpaired) electrons. The van der Waals surface area contributed by atoms with Crippen molar-refractivity contribution in [3.05, 3.63) is 53.2 Å². The van der Waals surface area contributed by atoms with E-state index in [0.29, 0.717) is 30.0 Å². The topological polar surface area (TPSA) is 97.0 Å². The average Bonchev–Trinajstić information content (AvgIpc) is 3.55. The van der Waals surface area contributed by atoms with Crippen LogP contribution in [-0.2, 0) is 11.3 Å². The van der Waals surface area contributed by atoms with Gasteiger partial charge in [-0.3, -0.25) is 4.79 Å². The van der Waals surface area contributed by atoms with Gasteiger partial charge in [-0.05, 0) is 36.9 Å². The van der Waals surface area contributed by atoms with Crippen LogP contribution in [0.3, 0.4) is 0 Å². The Kier molecular flexibility index (Phi) is 7.51. The van der Waals surface area contributed by atoms with Crippen LogP contribution in [0, 0.1) is 6.92 Å². The van der Waals surface area contributed by atoms with Gasteiger partial charge < -0.3 is 14.6 Å². The van der Waals surface area contributed by atoms with Crippen LogP contribution in [0.15, 0.2) is 50.5 Å². The van der Waals surface area contributed by atoms with Crippen molar-refractivity contribution in [2.45, 2.75) is 31.2 Å². The molecule has 0 aliphatic heterocycles. The lowest BCUT2D eigenvalue weighted by Crippen LogP contribution is -2.32. The van der Waals surface area contributed by atoms with E-state index in [4.69, 9.17) is 4.42 Å². The zero-order chi connectivity index (χ0) is 22.3. The molecule has 166 valence electrons. The first kappa shape index (κ1) is 22.4. The molecular formula is C21H22N6O2S3. The highest BCUT2D eigenvalue weighted by Crippen LogP contribution is 2.28. The lowest BCUT2D eigenvalue weighted by Gasteiger charge is -2.19. The van der Waals surface area contributed by atoms with Gasteiger partial charge in [0.05, 0.1) is 17.2 Å². The smallest absolute Gasteiger partial charge is 0.257 e. The van der Waals surface area contributed by atoms with Gasteiger partial charge in [-0.2, -0.15) is 0 Å². The molecule has 0 fully saturated rings. The SMILES string of the molecule is CCCN(Cc1nnc(-c2cccs2)o1)C(=O)CSc1nnc(Nc2ccc(C)cc2)s1. The fourth-order valence-electron chi connectivity index (χ4n) is 2.84. The fraction of sp³-hybridized carbons (Fsp3) is 0.286. The van der Waals surface area contributed by atoms with E-state index in [2.05, 4.69) is 25.7 Å². The van der Waals surface area contributed by atoms with Gasteiger partial charge in [-0.15, -0.1) is 31.7 Å². The lowest BCUT2D eigenvalue weighted by atomic mass is 10.2. The van der Waals surface area contributed by atoms with Crippen molar-refractivity contribution in [1.29, 1.82) is 0 Å². The first-order valence-corrected chi connectivity index (χ1v) is 12.7. The molecule has 32 heavy (non-hydrogen) atoms. The number of carbonyl (C=O) groups excluding carboxylic acids is 1. The van der Waals surface area contributed by atoms with Crippen LogP contribution in [0.5, 0.6) is 0 Å². The van der Waals surface area contributed by atoms with Crippen molar-refractivity contribution < 1.29 is 9.21 Å². The summed E-state index contributed by atoms with van der Waals surface area (Å²) in [5.41, 5.74) is 2.15. The van der Waals surface area contributed by atoms with Crippen molar-refractivity contribution >= 4 is 51.2 Å². The lowest BCUT2D eigenvalue weighted by molar-refractivity contribution is -0.129. The number of thiophene rings is 1. The molecule has 0 atom stereocenters. The molecule has 4 aromatic rings. The highest BCUT2D eigenvalue weighted by Gasteiger charge is 2.19. The quantitative estimate of drug-likeness (QED) is 0.304. The van der Waals surface area contributed by atoms with Crippen molar-refractivity contribution in [2.75, 3.05) is 17.6 Å². The Hall–Kier alpha value is -2.76. The Labute approximate surface area is 198 Å². The number of hydrogen-bond acceptors (Lipinski definition) is 10. The van der Waals surface area contributed by atoms with Crippen LogP contribution in [0.2, 0.25) is 0 Å². The Morgan fingerprint density at radius 3 is 2.75 bits per heavy atom. The Balaban J connectivity index is 1.32. The maximum absolute atomic E-state index is 12.8. The van der Waals surface area contributed by atoms with Crippen LogP contribution < -0.4 is 5.32 Å². The number of thioether (sulfide) groups is 1. The molecule has 1 aromatic carbocycles. The number of hydrogen-bond donors (Lipinski definition) is 1. The zero-order valence-electron chi connectivity index (χ0n) is 17.6. The third kappa shape index (κ3) is 5.93. The number of aromatic nitrogens is 4. The van der Waals surface area contributed by atoms with Crippen LogP contribution in [-0.4, -0.2) is 43.5 Å². The molecule has 0 saturated heterocycles. The van der Waals surface area contributed by atoms with Gasteiger partial charge in [0.2, 0.25) is 16.9 Å². The molecule has 8 nitrogen and oxygen atoms in total. The minimum Gasteiger partial charge on any atom is -0.418 e. The van der Waals surface area contributed by atoms with Crippen LogP contribution >= 0.6 is 34.4 Å². The molecule has 4 rings (SSSR count). The number of nitrogens with zero attached hydrogens (tertiary/aromatic N) is 5. The highest BCUT2D eigenvalue weighted by atomic mass is 32.2. The number of carbonyl (C=O) groups is 1. The second-order valence-electron chi connectivity index (χ2n) is 6.95. The summed E-state index contributed by atoms with van der Waals surface area (Å²) in [7, 11) is 0. The molecule has 0 aliphatic rings. The Morgan fingerprint density at radius 2 is 2.00 bits per heavy atom. The molecule has 0 spiro atoms. The van der Waals surface area contributed by atoms with Gasteiger partial charge in [-0.25, -0.2) is 0 Å². The number of amides is 1. The molecule has 1 N–H and O–H groups in total. The average molecular weight is 487 g/mol. The summed E-state index contributed by atoms with van der Waals surface area (Å²) in [5.74, 6) is 1.18. The molecule has 11 heteroatoms. The normalized spacial score (nSPS) is 10.9. The van der Waals surface area contributed by atoms with Gasteiger partial charge in [0.25, 0.3) is 5.89 Å². The van der Waals surface area contributed by atoms with Gasteiger partial charge in [0.1, 0.15) is 0 Å². The number of anilines is 2. The van der Waals surface area contributed by atoms with E-state index in [1.54, 1.807) is 4.90 Å². The van der Waals surface area contributed by atoms with Gasteiger partial charge in [0, 0.05) is 12.2 Å². The Bertz CT molecular complexity index is 1140. The fourth-order valence-corrected chi connectivity index (χ4v) is 5.16. The van der Waals surface area contributed by atoms with E-state index in [9.17, 15) is 4.79 Å². The van der Waals surface area contributed by atoms with E-state index in [1.807, 2.05) is 55.6 Å². The van der Waals surface area contributed by atoms with Crippen molar-refractivity contribution in [3.63, 3.8) is 0 Å². The van der Waals surface area contributed by atoms with Crippen molar-refractivity contribution in [3.8, 4) is 10.8 Å². The summed E-state index contributed by atoms with van der Waals surface area (Å²) >= 11 is 4.34. The van der Waals surface area contributed by atoms with Gasteiger partial charge in [-0.1, -0.05) is 53.8 Å². The summed E-state index contributed by atoms with van der Waals surface area (Å²) in [5, 5.41) is 22.4. The van der Waals surface area contributed by atoms with E-state index in [1.165, 1.54) is 40.0 Å². The minimum atomic E-state index is -0.00373. The third-order valence-electron chi connectivity index (χ3n) is 4.40. The molecule has 0 aliphatic carbocycles. The van der Waals surface area contributed by atoms with Crippen molar-refractivity contribution in [1.82, 2.24) is 25.3 Å². The van der Waals surface area contributed by atoms with Gasteiger partial charge >= 0.3 is 0 Å². The van der Waals surface area contributed by atoms with E-state index in [-0.39, 0.29) is 11.7 Å². The molecular weight excluding hydrogens is 464 g/mol. The van der Waals surface area contributed by atoms with E-state index < -0.39 is 0 Å². The molecule has 1 amide bonds. The molecule has 0 unspecified atom stereocenters. The second kappa shape index (κ2) is 10.7. The number of rotatable bonds is 10. The molecule has 0 saturated carbocycles. The maximum Gasteiger partial charge on any atom is 0.257 e. The predicted octanol–water partition coefficient (Wildman–Crippen LogP) is 5.23. The van der Waals surface area contributed by atoms with E-state index in [0.717, 1.165) is 21.3 Å². The largest absolute Gasteiger partial charge is 0.418 e. The van der Waals surface area contributed by atoms with E-state index >= 15 is 0 Å². The monoisotopic (exact) mass is 486 g/mol. The second-order valence-corrected chi connectivity index (χ2v) is 10.1. The maximum atomic E-state index is 12.8. The van der Waals surface area contributed by atoms with Gasteiger partial charge in [0.15, 0.2) is 4.34 Å². The molecule has 0 bridgehead atoms. The molecule has 3 aromatic heterocycles. The number of benzene rings is 1. The first-order chi connectivity index (χ1) is 15.6. The molecule has 3 heterocycles. The van der Waals surface area contributed by atoms with Crippen LogP contribution in [0.25, 0.3) is 10.8 Å². The van der Waals surface area contributed by atoms with Crippen LogP contribution in [0.4, 0.5) is 10.8 Å². The standard InChI is InChI=1S/C21H22N6O2S3/c1-3-10-27(12-17-23-24-19(29-17)16-5-4-11-30-16)18(28)13-31-21-26-25-20(32-21)22-15-8-6-14(2)7-9-15/h4-9,11H,3,10,12-13H2,1-2H3,(H,22,25). The first-order valence-electron chi connectivity index (χ1n) is 10.0. The summed E-state index contributed by atoms with van der Waals surface area (Å²) < 4.78 is 6.48. The zero-order valence-corrected chi connectivity index (χ0v) is 20.1. The summed E-state index contributed by atoms with van der Waals surface area (Å²) in [6.45, 7) is 4.99. The minimum absolute atomic E-state index is 0.00373. The summed E-state index contributed by atoms with van der Waals surface area (Å²) in [6.07, 6.45) is 0.839. The number of aryl methyl sites for hydroxylation is 1.